The molecule has 4 heterocycles. The third kappa shape index (κ3) is 2.72. The highest BCUT2D eigenvalue weighted by molar-refractivity contribution is 7.09. The van der Waals surface area contributed by atoms with Gasteiger partial charge in [0.05, 0.1) is 42.8 Å². The Morgan fingerprint density at radius 1 is 1.48 bits per heavy atom. The number of aromatic nitrogens is 3. The predicted octanol–water partition coefficient (Wildman–Crippen LogP) is 3.73. The van der Waals surface area contributed by atoms with E-state index in [4.69, 9.17) is 9.40 Å². The van der Waals surface area contributed by atoms with Crippen molar-refractivity contribution in [2.45, 2.75) is 38.8 Å². The minimum Gasteiger partial charge on any atom is -0.472 e. The fourth-order valence-corrected chi connectivity index (χ4v) is 4.11. The quantitative estimate of drug-likeness (QED) is 0.793. The summed E-state index contributed by atoms with van der Waals surface area (Å²) in [5.41, 5.74) is 4.67. The standard InChI is InChI=1S/C17H20N4OS/c1-11(2)14-9-23-15(20-14)7-21-5-3-13-16(19-10-18-13)17(21)12-4-6-22-8-12/h4,6,8-11,17H,3,5,7H2,1-2H3,(H,18,19)/t17-/m1/s1. The molecule has 1 aliphatic heterocycles. The first kappa shape index (κ1) is 14.7. The van der Waals surface area contributed by atoms with Crippen LogP contribution in [0.15, 0.2) is 34.7 Å². The molecule has 23 heavy (non-hydrogen) atoms. The van der Waals surface area contributed by atoms with Gasteiger partial charge in [-0.05, 0) is 12.0 Å². The van der Waals surface area contributed by atoms with E-state index in [1.165, 1.54) is 16.4 Å². The molecule has 0 amide bonds. The Morgan fingerprint density at radius 3 is 3.13 bits per heavy atom. The van der Waals surface area contributed by atoms with Crippen molar-refractivity contribution in [2.75, 3.05) is 6.54 Å². The monoisotopic (exact) mass is 328 g/mol. The Bertz CT molecular complexity index is 774. The molecule has 0 saturated heterocycles. The lowest BCUT2D eigenvalue weighted by atomic mass is 9.98. The largest absolute Gasteiger partial charge is 0.472 e. The number of furan rings is 1. The van der Waals surface area contributed by atoms with Crippen LogP contribution in [0.25, 0.3) is 0 Å². The summed E-state index contributed by atoms with van der Waals surface area (Å²) < 4.78 is 5.32. The molecular formula is C17H20N4OS. The van der Waals surface area contributed by atoms with Gasteiger partial charge in [0, 0.05) is 29.6 Å². The normalized spacial score (nSPS) is 18.5. The van der Waals surface area contributed by atoms with Gasteiger partial charge in [-0.3, -0.25) is 4.90 Å². The molecule has 0 fully saturated rings. The minimum atomic E-state index is 0.134. The zero-order chi connectivity index (χ0) is 15.8. The molecule has 0 aromatic carbocycles. The molecule has 3 aromatic heterocycles. The summed E-state index contributed by atoms with van der Waals surface area (Å²) in [5, 5.41) is 3.35. The average molecular weight is 328 g/mol. The van der Waals surface area contributed by atoms with Gasteiger partial charge in [0.25, 0.3) is 0 Å². The van der Waals surface area contributed by atoms with Crippen molar-refractivity contribution in [3.05, 3.63) is 58.0 Å². The van der Waals surface area contributed by atoms with Crippen molar-refractivity contribution >= 4 is 11.3 Å². The fraction of sp³-hybridized carbons (Fsp3) is 0.412. The first-order valence-corrected chi connectivity index (χ1v) is 8.83. The highest BCUT2D eigenvalue weighted by Crippen LogP contribution is 2.35. The molecular weight excluding hydrogens is 308 g/mol. The second-order valence-corrected chi connectivity index (χ2v) is 7.21. The van der Waals surface area contributed by atoms with Crippen LogP contribution in [0.2, 0.25) is 0 Å². The van der Waals surface area contributed by atoms with Gasteiger partial charge in [0.2, 0.25) is 0 Å². The van der Waals surface area contributed by atoms with Gasteiger partial charge in [0.1, 0.15) is 5.01 Å². The molecule has 4 rings (SSSR count). The molecule has 0 spiro atoms. The van der Waals surface area contributed by atoms with E-state index in [1.54, 1.807) is 23.9 Å². The molecule has 0 saturated carbocycles. The Hall–Kier alpha value is -1.92. The summed E-state index contributed by atoms with van der Waals surface area (Å²) in [4.78, 5) is 15.1. The van der Waals surface area contributed by atoms with Crippen LogP contribution in [0.1, 0.15) is 53.5 Å². The Morgan fingerprint density at radius 2 is 2.39 bits per heavy atom. The molecule has 120 valence electrons. The zero-order valence-corrected chi connectivity index (χ0v) is 14.1. The van der Waals surface area contributed by atoms with E-state index in [1.807, 2.05) is 12.3 Å². The van der Waals surface area contributed by atoms with E-state index in [-0.39, 0.29) is 6.04 Å². The van der Waals surface area contributed by atoms with Crippen molar-refractivity contribution in [3.8, 4) is 0 Å². The molecule has 0 radical (unpaired) electrons. The summed E-state index contributed by atoms with van der Waals surface area (Å²) >= 11 is 1.75. The number of H-pyrrole nitrogens is 1. The number of fused-ring (bicyclic) bond motifs is 1. The van der Waals surface area contributed by atoms with Gasteiger partial charge in [-0.15, -0.1) is 11.3 Å². The van der Waals surface area contributed by atoms with Crippen molar-refractivity contribution < 1.29 is 4.42 Å². The number of nitrogens with one attached hydrogen (secondary N) is 1. The summed E-state index contributed by atoms with van der Waals surface area (Å²) in [7, 11) is 0. The van der Waals surface area contributed by atoms with Gasteiger partial charge < -0.3 is 9.40 Å². The zero-order valence-electron chi connectivity index (χ0n) is 13.3. The first-order valence-electron chi connectivity index (χ1n) is 7.95. The summed E-state index contributed by atoms with van der Waals surface area (Å²) in [5.74, 6) is 0.476. The number of thiazole rings is 1. The molecule has 0 bridgehead atoms. The van der Waals surface area contributed by atoms with Gasteiger partial charge in [-0.25, -0.2) is 9.97 Å². The molecule has 0 aliphatic carbocycles. The molecule has 1 atom stereocenters. The molecule has 3 aromatic rings. The van der Waals surface area contributed by atoms with Crippen LogP contribution in [0.4, 0.5) is 0 Å². The van der Waals surface area contributed by atoms with Crippen molar-refractivity contribution in [1.82, 2.24) is 19.9 Å². The lowest BCUT2D eigenvalue weighted by Crippen LogP contribution is -2.35. The van der Waals surface area contributed by atoms with Crippen LogP contribution in [0.5, 0.6) is 0 Å². The first-order chi connectivity index (χ1) is 11.2. The average Bonchev–Trinajstić information content (AvgIpc) is 3.28. The lowest BCUT2D eigenvalue weighted by Gasteiger charge is -2.33. The number of nitrogens with zero attached hydrogens (tertiary/aromatic N) is 3. The molecule has 1 N–H and O–H groups in total. The smallest absolute Gasteiger partial charge is 0.107 e. The highest BCUT2D eigenvalue weighted by atomic mass is 32.1. The Balaban J connectivity index is 1.64. The van der Waals surface area contributed by atoms with Crippen molar-refractivity contribution in [2.24, 2.45) is 0 Å². The van der Waals surface area contributed by atoms with E-state index in [0.717, 1.165) is 30.8 Å². The summed E-state index contributed by atoms with van der Waals surface area (Å²) in [6.45, 7) is 6.20. The van der Waals surface area contributed by atoms with Crippen LogP contribution >= 0.6 is 11.3 Å². The van der Waals surface area contributed by atoms with E-state index < -0.39 is 0 Å². The van der Waals surface area contributed by atoms with E-state index in [2.05, 4.69) is 34.1 Å². The van der Waals surface area contributed by atoms with Crippen LogP contribution in [-0.2, 0) is 13.0 Å². The SMILES string of the molecule is CC(C)c1csc(CN2CCc3[nH]cnc3[C@H]2c2ccoc2)n1. The predicted molar refractivity (Wildman–Crippen MR) is 89.5 cm³/mol. The summed E-state index contributed by atoms with van der Waals surface area (Å²) in [6, 6.07) is 2.16. The van der Waals surface area contributed by atoms with Crippen LogP contribution in [0.3, 0.4) is 0 Å². The molecule has 1 aliphatic rings. The molecule has 6 heteroatoms. The third-order valence-electron chi connectivity index (χ3n) is 4.38. The maximum Gasteiger partial charge on any atom is 0.107 e. The third-order valence-corrected chi connectivity index (χ3v) is 5.23. The number of hydrogen-bond acceptors (Lipinski definition) is 5. The highest BCUT2D eigenvalue weighted by Gasteiger charge is 2.32. The second kappa shape index (κ2) is 5.94. The van der Waals surface area contributed by atoms with E-state index in [9.17, 15) is 0 Å². The van der Waals surface area contributed by atoms with Gasteiger partial charge in [0.15, 0.2) is 0 Å². The van der Waals surface area contributed by atoms with E-state index >= 15 is 0 Å². The lowest BCUT2D eigenvalue weighted by molar-refractivity contribution is 0.199. The van der Waals surface area contributed by atoms with Crippen LogP contribution in [0, 0.1) is 0 Å². The van der Waals surface area contributed by atoms with Crippen LogP contribution in [-0.4, -0.2) is 26.4 Å². The van der Waals surface area contributed by atoms with Gasteiger partial charge >= 0.3 is 0 Å². The van der Waals surface area contributed by atoms with Crippen LogP contribution < -0.4 is 0 Å². The number of hydrogen-bond donors (Lipinski definition) is 1. The maximum absolute atomic E-state index is 5.32. The molecule has 5 nitrogen and oxygen atoms in total. The topological polar surface area (TPSA) is 58.0 Å². The Kier molecular flexibility index (Phi) is 3.79. The molecule has 0 unspecified atom stereocenters. The number of rotatable bonds is 4. The second-order valence-electron chi connectivity index (χ2n) is 6.27. The number of aromatic amines is 1. The maximum atomic E-state index is 5.32. The van der Waals surface area contributed by atoms with Gasteiger partial charge in [-0.2, -0.15) is 0 Å². The fourth-order valence-electron chi connectivity index (χ4n) is 3.13. The summed E-state index contributed by atoms with van der Waals surface area (Å²) in [6.07, 6.45) is 6.34. The van der Waals surface area contributed by atoms with Crippen molar-refractivity contribution in [1.29, 1.82) is 0 Å². The van der Waals surface area contributed by atoms with Gasteiger partial charge in [-0.1, -0.05) is 13.8 Å². The Labute approximate surface area is 139 Å². The number of imidazole rings is 1. The van der Waals surface area contributed by atoms with E-state index in [0.29, 0.717) is 5.92 Å². The minimum absolute atomic E-state index is 0.134. The van der Waals surface area contributed by atoms with Crippen molar-refractivity contribution in [3.63, 3.8) is 0 Å².